The maximum Gasteiger partial charge on any atom is 0.269 e. The molecule has 0 fully saturated rings. The van der Waals surface area contributed by atoms with Gasteiger partial charge >= 0.3 is 0 Å². The molecule has 0 spiro atoms. The molecule has 0 radical (unpaired) electrons. The Morgan fingerprint density at radius 1 is 1.27 bits per heavy atom. The van der Waals surface area contributed by atoms with E-state index in [2.05, 4.69) is 29.2 Å². The Hall–Kier alpha value is -3.22. The number of nitrogens with two attached hydrogens (primary N) is 1. The lowest BCUT2D eigenvalue weighted by atomic mass is 9.73. The van der Waals surface area contributed by atoms with E-state index in [9.17, 15) is 4.79 Å². The molecule has 1 aromatic carbocycles. The second kappa shape index (κ2) is 5.66. The smallest absolute Gasteiger partial charge is 0.269 e. The van der Waals surface area contributed by atoms with Gasteiger partial charge in [-0.25, -0.2) is 9.97 Å². The van der Waals surface area contributed by atoms with Crippen LogP contribution in [0.4, 0.5) is 11.6 Å². The summed E-state index contributed by atoms with van der Waals surface area (Å²) in [4.78, 5) is 21.1. The largest absolute Gasteiger partial charge is 0.364 e. The second-order valence-corrected chi connectivity index (χ2v) is 7.18. The van der Waals surface area contributed by atoms with E-state index in [1.165, 1.54) is 0 Å². The van der Waals surface area contributed by atoms with Crippen LogP contribution in [0.3, 0.4) is 0 Å². The van der Waals surface area contributed by atoms with Crippen LogP contribution in [-0.4, -0.2) is 25.7 Å². The highest BCUT2D eigenvalue weighted by Gasteiger charge is 2.39. The number of anilines is 2. The van der Waals surface area contributed by atoms with Crippen molar-refractivity contribution in [3.05, 3.63) is 53.3 Å². The van der Waals surface area contributed by atoms with E-state index in [0.717, 1.165) is 28.2 Å². The number of fused-ring (bicyclic) bond motifs is 3. The van der Waals surface area contributed by atoms with Crippen molar-refractivity contribution >= 4 is 17.5 Å². The molecular formula is C19H20N6O. The number of rotatable bonds is 3. The second-order valence-electron chi connectivity index (χ2n) is 7.18. The number of primary amides is 1. The van der Waals surface area contributed by atoms with Crippen molar-refractivity contribution in [2.45, 2.75) is 25.7 Å². The molecular weight excluding hydrogens is 328 g/mol. The van der Waals surface area contributed by atoms with E-state index in [1.807, 2.05) is 43.6 Å². The first-order valence-electron chi connectivity index (χ1n) is 8.42. The number of hydrogen-bond donors (Lipinski definition) is 2. The zero-order chi connectivity index (χ0) is 18.5. The standard InChI is InChI=1S/C19H20N6O/c1-19(2)9-11-10-21-18(22-12-7-5-4-6-8-12)23-14(11)16-13(19)15(17(20)26)24-25(16)3/h4-8,10H,9H2,1-3H3,(H2,20,26)(H,21,22,23). The summed E-state index contributed by atoms with van der Waals surface area (Å²) in [6.07, 6.45) is 2.56. The minimum Gasteiger partial charge on any atom is -0.364 e. The third kappa shape index (κ3) is 2.52. The number of para-hydroxylation sites is 1. The lowest BCUT2D eigenvalue weighted by Crippen LogP contribution is -2.29. The van der Waals surface area contributed by atoms with Crippen molar-refractivity contribution in [2.24, 2.45) is 12.8 Å². The molecule has 26 heavy (non-hydrogen) atoms. The van der Waals surface area contributed by atoms with Crippen LogP contribution in [-0.2, 0) is 18.9 Å². The molecule has 2 heterocycles. The summed E-state index contributed by atoms with van der Waals surface area (Å²) in [6.45, 7) is 4.16. The molecule has 7 heteroatoms. The molecule has 0 aliphatic heterocycles. The van der Waals surface area contributed by atoms with Crippen LogP contribution < -0.4 is 11.1 Å². The van der Waals surface area contributed by atoms with E-state index in [4.69, 9.17) is 10.7 Å². The zero-order valence-electron chi connectivity index (χ0n) is 14.9. The van der Waals surface area contributed by atoms with Crippen molar-refractivity contribution in [2.75, 3.05) is 5.32 Å². The highest BCUT2D eigenvalue weighted by molar-refractivity contribution is 5.95. The van der Waals surface area contributed by atoms with Crippen LogP contribution in [0.15, 0.2) is 36.5 Å². The Balaban J connectivity index is 1.86. The molecule has 0 unspecified atom stereocenters. The monoisotopic (exact) mass is 348 g/mol. The molecule has 0 bridgehead atoms. The van der Waals surface area contributed by atoms with E-state index < -0.39 is 5.91 Å². The molecule has 1 amide bonds. The summed E-state index contributed by atoms with van der Waals surface area (Å²) >= 11 is 0. The number of aryl methyl sites for hydroxylation is 1. The first-order valence-corrected chi connectivity index (χ1v) is 8.42. The summed E-state index contributed by atoms with van der Waals surface area (Å²) in [5.74, 6) is -0.0162. The van der Waals surface area contributed by atoms with Crippen molar-refractivity contribution < 1.29 is 4.79 Å². The van der Waals surface area contributed by atoms with Crippen LogP contribution in [0.2, 0.25) is 0 Å². The average molecular weight is 348 g/mol. The van der Waals surface area contributed by atoms with Gasteiger partial charge in [-0.3, -0.25) is 9.48 Å². The first-order chi connectivity index (χ1) is 12.4. The number of carbonyl (C=O) groups is 1. The van der Waals surface area contributed by atoms with E-state index in [1.54, 1.807) is 4.68 Å². The molecule has 0 atom stereocenters. The van der Waals surface area contributed by atoms with Crippen LogP contribution in [0.25, 0.3) is 11.4 Å². The Labute approximate surface area is 151 Å². The minimum atomic E-state index is -0.518. The van der Waals surface area contributed by atoms with Crippen molar-refractivity contribution in [1.29, 1.82) is 0 Å². The minimum absolute atomic E-state index is 0.279. The normalized spacial score (nSPS) is 14.4. The first kappa shape index (κ1) is 16.3. The highest BCUT2D eigenvalue weighted by Crippen LogP contribution is 2.43. The molecule has 1 aliphatic rings. The van der Waals surface area contributed by atoms with Gasteiger partial charge in [-0.05, 0) is 29.5 Å². The number of nitrogens with zero attached hydrogens (tertiary/aromatic N) is 4. The van der Waals surface area contributed by atoms with E-state index >= 15 is 0 Å². The van der Waals surface area contributed by atoms with Crippen LogP contribution in [0.1, 0.15) is 35.5 Å². The summed E-state index contributed by atoms with van der Waals surface area (Å²) in [6, 6.07) is 9.75. The maximum atomic E-state index is 11.9. The number of carbonyl (C=O) groups excluding carboxylic acids is 1. The number of hydrogen-bond acceptors (Lipinski definition) is 5. The number of benzene rings is 1. The molecule has 1 aliphatic carbocycles. The van der Waals surface area contributed by atoms with Gasteiger partial charge in [0.25, 0.3) is 5.91 Å². The summed E-state index contributed by atoms with van der Waals surface area (Å²) in [5, 5.41) is 7.57. The molecule has 3 aromatic rings. The predicted octanol–water partition coefficient (Wildman–Crippen LogP) is 2.55. The van der Waals surface area contributed by atoms with Gasteiger partial charge in [0.1, 0.15) is 0 Å². The van der Waals surface area contributed by atoms with Gasteiger partial charge < -0.3 is 11.1 Å². The number of amides is 1. The summed E-state index contributed by atoms with van der Waals surface area (Å²) in [5.41, 5.74) is 10.00. The van der Waals surface area contributed by atoms with Crippen LogP contribution in [0, 0.1) is 0 Å². The summed E-state index contributed by atoms with van der Waals surface area (Å²) in [7, 11) is 1.81. The van der Waals surface area contributed by atoms with Gasteiger partial charge in [0.15, 0.2) is 5.69 Å². The lowest BCUT2D eigenvalue weighted by Gasteiger charge is -2.31. The van der Waals surface area contributed by atoms with Gasteiger partial charge in [0, 0.05) is 24.5 Å². The molecule has 132 valence electrons. The zero-order valence-corrected chi connectivity index (χ0v) is 14.9. The van der Waals surface area contributed by atoms with Gasteiger partial charge in [-0.2, -0.15) is 5.10 Å². The molecule has 7 nitrogen and oxygen atoms in total. The van der Waals surface area contributed by atoms with Gasteiger partial charge in [0.05, 0.1) is 11.4 Å². The number of nitrogens with one attached hydrogen (secondary N) is 1. The van der Waals surface area contributed by atoms with Crippen LogP contribution >= 0.6 is 0 Å². The highest BCUT2D eigenvalue weighted by atomic mass is 16.1. The third-order valence-electron chi connectivity index (χ3n) is 4.71. The topological polar surface area (TPSA) is 98.7 Å². The Morgan fingerprint density at radius 3 is 2.69 bits per heavy atom. The molecule has 2 aromatic heterocycles. The fourth-order valence-corrected chi connectivity index (χ4v) is 3.63. The Kier molecular flexibility index (Phi) is 3.54. The van der Waals surface area contributed by atoms with Crippen molar-refractivity contribution in [1.82, 2.24) is 19.7 Å². The fraction of sp³-hybridized carbons (Fsp3) is 0.263. The third-order valence-corrected chi connectivity index (χ3v) is 4.71. The molecule has 3 N–H and O–H groups in total. The Bertz CT molecular complexity index is 1010. The maximum absolute atomic E-state index is 11.9. The number of aromatic nitrogens is 4. The van der Waals surface area contributed by atoms with Crippen LogP contribution in [0.5, 0.6) is 0 Å². The molecule has 0 saturated carbocycles. The molecule has 4 rings (SSSR count). The quantitative estimate of drug-likeness (QED) is 0.758. The fourth-order valence-electron chi connectivity index (χ4n) is 3.63. The Morgan fingerprint density at radius 2 is 2.00 bits per heavy atom. The lowest BCUT2D eigenvalue weighted by molar-refractivity contribution is 0.0992. The average Bonchev–Trinajstić information content (AvgIpc) is 2.95. The van der Waals surface area contributed by atoms with Gasteiger partial charge in [0.2, 0.25) is 5.95 Å². The van der Waals surface area contributed by atoms with Gasteiger partial charge in [-0.1, -0.05) is 32.0 Å². The summed E-state index contributed by atoms with van der Waals surface area (Å²) < 4.78 is 1.69. The van der Waals surface area contributed by atoms with Crippen molar-refractivity contribution in [3.8, 4) is 11.4 Å². The van der Waals surface area contributed by atoms with Crippen molar-refractivity contribution in [3.63, 3.8) is 0 Å². The van der Waals surface area contributed by atoms with E-state index in [-0.39, 0.29) is 5.41 Å². The van der Waals surface area contributed by atoms with Gasteiger partial charge in [-0.15, -0.1) is 0 Å². The van der Waals surface area contributed by atoms with E-state index in [0.29, 0.717) is 18.1 Å². The SMILES string of the molecule is Cn1nc(C(N)=O)c2c1-c1nc(Nc3ccccc3)ncc1CC2(C)C. The predicted molar refractivity (Wildman–Crippen MR) is 99.2 cm³/mol. The molecule has 0 saturated heterocycles.